The van der Waals surface area contributed by atoms with Gasteiger partial charge in [-0.25, -0.2) is 4.98 Å². The van der Waals surface area contributed by atoms with E-state index in [1.165, 1.54) is 11.8 Å². The molecule has 0 spiro atoms. The second kappa shape index (κ2) is 19.7. The number of hydrogen-bond acceptors (Lipinski definition) is 9. The maximum absolute atomic E-state index is 14.2. The Hall–Kier alpha value is -3.84. The number of likely N-dealkylation sites (N-methyl/N-ethyl adjacent to an activating group) is 2. The molecule has 0 bridgehead atoms. The lowest BCUT2D eigenvalue weighted by atomic mass is 9.92. The monoisotopic (exact) mass is 730 g/mol. The number of hydrogen-bond donors (Lipinski definition) is 3. The van der Waals surface area contributed by atoms with Crippen LogP contribution in [0, 0.1) is 17.8 Å². The van der Waals surface area contributed by atoms with Crippen LogP contribution >= 0.6 is 11.3 Å². The number of likely N-dealkylation sites (tertiary alicyclic amines) is 1. The van der Waals surface area contributed by atoms with E-state index in [0.717, 1.165) is 16.9 Å². The second-order valence-electron chi connectivity index (χ2n) is 14.1. The Morgan fingerprint density at radius 3 is 2.41 bits per heavy atom. The zero-order chi connectivity index (χ0) is 40.3. The molecule has 0 aliphatic carbocycles. The van der Waals surface area contributed by atoms with Crippen LogP contribution < -0.4 is 10.6 Å². The molecule has 1 aromatic carbocycles. The first kappa shape index (κ1) is 36.9. The molecule has 2 heterocycles. The number of carboxylic acid groups (broad SMARTS) is 1. The molecule has 1 aliphatic heterocycles. The van der Waals surface area contributed by atoms with Crippen molar-refractivity contribution in [2.24, 2.45) is 17.8 Å². The fourth-order valence-electron chi connectivity index (χ4n) is 6.43. The van der Waals surface area contributed by atoms with Crippen LogP contribution in [0.4, 0.5) is 0 Å². The molecule has 282 valence electrons. The summed E-state index contributed by atoms with van der Waals surface area (Å²) in [5.41, 5.74) is 1.03. The molecular formula is C38H57N5O7S. The third kappa shape index (κ3) is 12.1. The van der Waals surface area contributed by atoms with Crippen molar-refractivity contribution in [3.05, 3.63) is 52.0 Å². The molecule has 1 aliphatic rings. The Balaban J connectivity index is 1.83. The number of benzene rings is 1. The number of amides is 3. The molecule has 0 saturated carbocycles. The predicted octanol–water partition coefficient (Wildman–Crippen LogP) is 5.09. The van der Waals surface area contributed by atoms with Crippen molar-refractivity contribution in [1.82, 2.24) is 25.4 Å². The van der Waals surface area contributed by atoms with Crippen LogP contribution in [-0.2, 0) is 30.3 Å². The average Bonchev–Trinajstić information content (AvgIpc) is 3.62. The summed E-state index contributed by atoms with van der Waals surface area (Å²) in [4.78, 5) is 72.7. The van der Waals surface area contributed by atoms with E-state index in [1.54, 1.807) is 24.3 Å². The van der Waals surface area contributed by atoms with E-state index in [4.69, 9.17) is 8.85 Å². The van der Waals surface area contributed by atoms with Gasteiger partial charge in [0.1, 0.15) is 16.7 Å². The number of thiazole rings is 1. The number of nitrogens with one attached hydrogen (secondary N) is 2. The minimum Gasteiger partial charge on any atom is -0.481 e. The minimum absolute atomic E-state index is 0.0899. The van der Waals surface area contributed by atoms with Gasteiger partial charge in [-0.2, -0.15) is 0 Å². The Morgan fingerprint density at radius 2 is 1.80 bits per heavy atom. The highest BCUT2D eigenvalue weighted by Crippen LogP contribution is 2.31. The van der Waals surface area contributed by atoms with E-state index in [2.05, 4.69) is 15.6 Å². The lowest BCUT2D eigenvalue weighted by molar-refractivity contribution is -0.149. The number of nitrogens with zero attached hydrogens (tertiary/aromatic N) is 3. The Morgan fingerprint density at radius 1 is 1.10 bits per heavy atom. The van der Waals surface area contributed by atoms with Crippen molar-refractivity contribution in [1.29, 1.82) is 0 Å². The molecule has 12 nitrogen and oxygen atoms in total. The van der Waals surface area contributed by atoms with Crippen molar-refractivity contribution >= 4 is 41.0 Å². The van der Waals surface area contributed by atoms with Crippen LogP contribution in [0.1, 0.15) is 111 Å². The summed E-state index contributed by atoms with van der Waals surface area (Å²) in [7, 11) is 1.64. The molecule has 13 heteroatoms. The van der Waals surface area contributed by atoms with Crippen molar-refractivity contribution in [2.75, 3.05) is 20.6 Å². The number of carboxylic acids is 1. The number of ether oxygens (including phenoxy) is 1. The van der Waals surface area contributed by atoms with Crippen LogP contribution in [0.15, 0.2) is 35.7 Å². The fraction of sp³-hybridized carbons (Fsp3) is 0.632. The topological polar surface area (TPSA) is 158 Å². The van der Waals surface area contributed by atoms with E-state index in [1.807, 2.05) is 58.0 Å². The smallest absolute Gasteiger partial charge is 0.306 e. The molecule has 3 N–H and O–H groups in total. The van der Waals surface area contributed by atoms with Gasteiger partial charge in [-0.1, -0.05) is 77.8 Å². The molecule has 0 unspecified atom stereocenters. The number of piperidine rings is 1. The number of rotatable bonds is 18. The quantitative estimate of drug-likeness (QED) is 0.178. The maximum Gasteiger partial charge on any atom is 0.306 e. The predicted molar refractivity (Wildman–Crippen MR) is 197 cm³/mol. The van der Waals surface area contributed by atoms with Gasteiger partial charge >= 0.3 is 11.9 Å². The highest BCUT2D eigenvalue weighted by molar-refractivity contribution is 7.09. The fourth-order valence-corrected chi connectivity index (χ4v) is 7.27. The number of aliphatic carboxylic acids is 1. The molecule has 1 aromatic heterocycles. The summed E-state index contributed by atoms with van der Waals surface area (Å²) in [5.74, 6) is -3.97. The van der Waals surface area contributed by atoms with E-state index in [-0.39, 0.29) is 42.8 Å². The van der Waals surface area contributed by atoms with Crippen LogP contribution in [-0.4, -0.2) is 94.3 Å². The summed E-state index contributed by atoms with van der Waals surface area (Å²) in [6.07, 6.45) is 2.20. The summed E-state index contributed by atoms with van der Waals surface area (Å²) < 4.78 is 29.6. The molecule has 2 aromatic rings. The Kier molecular flexibility index (Phi) is 14.3. The first-order valence-corrected chi connectivity index (χ1v) is 18.8. The minimum atomic E-state index is -2.44. The van der Waals surface area contributed by atoms with Gasteiger partial charge in [-0.15, -0.1) is 11.3 Å². The molecule has 3 amide bonds. The summed E-state index contributed by atoms with van der Waals surface area (Å²) in [6.45, 7) is 8.32. The van der Waals surface area contributed by atoms with Gasteiger partial charge in [0.25, 0.3) is 5.91 Å². The first-order chi connectivity index (χ1) is 25.3. The number of aromatic nitrogens is 1. The highest BCUT2D eigenvalue weighted by atomic mass is 32.1. The summed E-state index contributed by atoms with van der Waals surface area (Å²) >= 11 is 1.14. The van der Waals surface area contributed by atoms with Gasteiger partial charge in [0.2, 0.25) is 11.8 Å². The molecule has 1 saturated heterocycles. The summed E-state index contributed by atoms with van der Waals surface area (Å²) in [5, 5.41) is 17.3. The molecule has 7 atom stereocenters. The van der Waals surface area contributed by atoms with Crippen LogP contribution in [0.2, 0.25) is 0 Å². The average molecular weight is 731 g/mol. The van der Waals surface area contributed by atoms with Crippen molar-refractivity contribution < 1.29 is 37.9 Å². The standard InChI is InChI=1S/C38H57N5O7S/c1-9-24(4)33(41-35(46)30-17-13-14-18-42(30)7)37(47)43(8)31(23(2)3)21-32(50-26(6)44)36-40-29(22-51-36)34(45)39-28(19-25(5)38(48)49)20-27-15-11-10-12-16-27/h10-12,15-16,22-25,28,30-33H,9,13-14,17-21H2,1-8H3,(H,39,45)(H,41,46)(H,48,49)/t24-,25-,28+,30+,31+,32+,33-/m0/s1/i7D3. The van der Waals surface area contributed by atoms with Gasteiger partial charge < -0.3 is 25.4 Å². The lowest BCUT2D eigenvalue weighted by Crippen LogP contribution is -2.58. The molecule has 3 rings (SSSR count). The van der Waals surface area contributed by atoms with Crippen molar-refractivity contribution in [3.63, 3.8) is 0 Å². The molecule has 0 radical (unpaired) electrons. The summed E-state index contributed by atoms with van der Waals surface area (Å²) in [6, 6.07) is 6.66. The van der Waals surface area contributed by atoms with Gasteiger partial charge in [0.05, 0.1) is 12.0 Å². The van der Waals surface area contributed by atoms with Gasteiger partial charge in [-0.3, -0.25) is 28.9 Å². The molecule has 51 heavy (non-hydrogen) atoms. The Labute approximate surface area is 310 Å². The van der Waals surface area contributed by atoms with Gasteiger partial charge in [0, 0.05) is 42.0 Å². The molecule has 1 fully saturated rings. The SMILES string of the molecule is [2H]C([2H])([2H])N1CCCC[C@@H]1C(=O)N[C@H](C(=O)N(C)[C@H](C[C@@H](OC(C)=O)c1nc(C(=O)N[C@@H](Cc2ccccc2)C[C@H](C)C(=O)O)cs1)C(C)C)[C@@H](C)CC. The van der Waals surface area contributed by atoms with E-state index in [9.17, 15) is 29.1 Å². The first-order valence-electron chi connectivity index (χ1n) is 19.4. The van der Waals surface area contributed by atoms with E-state index in [0.29, 0.717) is 37.1 Å². The number of carbonyl (C=O) groups is 5. The van der Waals surface area contributed by atoms with Gasteiger partial charge in [-0.05, 0) is 56.6 Å². The zero-order valence-electron chi connectivity index (χ0n) is 33.9. The third-order valence-corrected chi connectivity index (χ3v) is 10.6. The number of esters is 1. The van der Waals surface area contributed by atoms with Crippen LogP contribution in [0.3, 0.4) is 0 Å². The third-order valence-electron chi connectivity index (χ3n) is 9.71. The Bertz CT molecular complexity index is 1570. The largest absolute Gasteiger partial charge is 0.481 e. The van der Waals surface area contributed by atoms with Crippen LogP contribution in [0.5, 0.6) is 0 Å². The maximum atomic E-state index is 14.2. The van der Waals surface area contributed by atoms with E-state index < -0.39 is 66.9 Å². The van der Waals surface area contributed by atoms with Gasteiger partial charge in [0.15, 0.2) is 6.10 Å². The zero-order valence-corrected chi connectivity index (χ0v) is 31.7. The second-order valence-corrected chi connectivity index (χ2v) is 15.0. The lowest BCUT2D eigenvalue weighted by Gasteiger charge is -2.38. The van der Waals surface area contributed by atoms with Crippen molar-refractivity contribution in [3.8, 4) is 0 Å². The van der Waals surface area contributed by atoms with Crippen molar-refractivity contribution in [2.45, 2.75) is 117 Å². The highest BCUT2D eigenvalue weighted by Gasteiger charge is 2.37. The number of carbonyl (C=O) groups excluding carboxylic acids is 4. The van der Waals surface area contributed by atoms with E-state index >= 15 is 0 Å². The molecular weight excluding hydrogens is 671 g/mol. The normalized spacial score (nSPS) is 19.6. The van der Waals surface area contributed by atoms with Crippen LogP contribution in [0.25, 0.3) is 0 Å².